The molecule has 0 aromatic heterocycles. The van der Waals surface area contributed by atoms with Crippen LogP contribution in [0.2, 0.25) is 0 Å². The van der Waals surface area contributed by atoms with Crippen LogP contribution in [0.3, 0.4) is 0 Å². The van der Waals surface area contributed by atoms with Crippen LogP contribution in [0.5, 0.6) is 5.75 Å². The van der Waals surface area contributed by atoms with Crippen molar-refractivity contribution in [1.82, 2.24) is 0 Å². The lowest BCUT2D eigenvalue weighted by atomic mass is 9.81. The van der Waals surface area contributed by atoms with Gasteiger partial charge in [-0.3, -0.25) is 0 Å². The van der Waals surface area contributed by atoms with Crippen molar-refractivity contribution in [1.29, 1.82) is 0 Å². The molecule has 2 atom stereocenters. The van der Waals surface area contributed by atoms with E-state index in [1.54, 1.807) is 12.1 Å². The van der Waals surface area contributed by atoms with Gasteiger partial charge in [-0.2, -0.15) is 0 Å². The highest BCUT2D eigenvalue weighted by Crippen LogP contribution is 2.34. The van der Waals surface area contributed by atoms with E-state index in [2.05, 4.69) is 15.9 Å². The minimum Gasteiger partial charge on any atom is -0.508 e. The largest absolute Gasteiger partial charge is 0.508 e. The molecule has 1 aliphatic carbocycles. The fourth-order valence-electron chi connectivity index (χ4n) is 2.75. The minimum absolute atomic E-state index is 0. The molecule has 0 aliphatic heterocycles. The van der Waals surface area contributed by atoms with Gasteiger partial charge in [-0.05, 0) is 30.9 Å². The molecule has 0 unspecified atom stereocenters. The Morgan fingerprint density at radius 1 is 1.21 bits per heavy atom. The molecule has 0 bridgehead atoms. The monoisotopic (exact) mass is 349 g/mol. The van der Waals surface area contributed by atoms with Gasteiger partial charge in [0.05, 0.1) is 12.1 Å². The highest BCUT2D eigenvalue weighted by Gasteiger charge is 2.28. The van der Waals surface area contributed by atoms with E-state index in [1.165, 1.54) is 19.3 Å². The fraction of sp³-hybridized carbons (Fsp3) is 0.571. The van der Waals surface area contributed by atoms with Gasteiger partial charge in [-0.1, -0.05) is 41.3 Å². The van der Waals surface area contributed by atoms with Gasteiger partial charge in [0, 0.05) is 10.0 Å². The first-order valence-electron chi connectivity index (χ1n) is 6.51. The van der Waals surface area contributed by atoms with Crippen molar-refractivity contribution in [2.24, 2.45) is 11.7 Å². The van der Waals surface area contributed by atoms with Crippen LogP contribution < -0.4 is 5.73 Å². The molecule has 1 aromatic carbocycles. The number of benzene rings is 1. The van der Waals surface area contributed by atoms with E-state index in [9.17, 15) is 10.2 Å². The van der Waals surface area contributed by atoms with Crippen LogP contribution in [0.4, 0.5) is 0 Å². The first-order valence-corrected chi connectivity index (χ1v) is 7.31. The standard InChI is InChI=1S/C14H20BrNO2.ClH/c15-10-6-7-11(12(17)8-10)13(16)14(18)9-4-2-1-3-5-9;/h6-9,13-14,17-18H,1-5,16H2;1H/t13-,14+;/m1./s1. The van der Waals surface area contributed by atoms with Crippen LogP contribution in [-0.4, -0.2) is 16.3 Å². The highest BCUT2D eigenvalue weighted by atomic mass is 79.9. The van der Waals surface area contributed by atoms with Gasteiger partial charge in [0.15, 0.2) is 0 Å². The second kappa shape index (κ2) is 7.48. The maximum atomic E-state index is 10.3. The van der Waals surface area contributed by atoms with Gasteiger partial charge in [-0.25, -0.2) is 0 Å². The maximum absolute atomic E-state index is 10.3. The summed E-state index contributed by atoms with van der Waals surface area (Å²) < 4.78 is 0.808. The number of phenolic OH excluding ortho intramolecular Hbond substituents is 1. The quantitative estimate of drug-likeness (QED) is 0.781. The van der Waals surface area contributed by atoms with E-state index in [4.69, 9.17) is 5.73 Å². The zero-order valence-corrected chi connectivity index (χ0v) is 13.2. The third-order valence-corrected chi connectivity index (χ3v) is 4.35. The van der Waals surface area contributed by atoms with Gasteiger partial charge >= 0.3 is 0 Å². The van der Waals surface area contributed by atoms with Crippen LogP contribution in [0.15, 0.2) is 22.7 Å². The van der Waals surface area contributed by atoms with E-state index in [-0.39, 0.29) is 24.1 Å². The Kier molecular flexibility index (Phi) is 6.60. The van der Waals surface area contributed by atoms with Crippen molar-refractivity contribution >= 4 is 28.3 Å². The number of hydrogen-bond donors (Lipinski definition) is 3. The highest BCUT2D eigenvalue weighted by molar-refractivity contribution is 9.10. The minimum atomic E-state index is -0.572. The molecule has 5 heteroatoms. The zero-order valence-electron chi connectivity index (χ0n) is 10.8. The summed E-state index contributed by atoms with van der Waals surface area (Å²) in [5.41, 5.74) is 6.72. The SMILES string of the molecule is Cl.N[C@H](c1ccc(Br)cc1O)[C@@H](O)C1CCCCC1. The molecule has 1 saturated carbocycles. The summed E-state index contributed by atoms with van der Waals surface area (Å²) in [6, 6.07) is 4.71. The lowest BCUT2D eigenvalue weighted by molar-refractivity contribution is 0.0611. The van der Waals surface area contributed by atoms with Crippen LogP contribution >= 0.6 is 28.3 Å². The third kappa shape index (κ3) is 4.09. The number of hydrogen-bond acceptors (Lipinski definition) is 3. The summed E-state index contributed by atoms with van der Waals surface area (Å²) in [4.78, 5) is 0. The Balaban J connectivity index is 0.00000180. The van der Waals surface area contributed by atoms with Gasteiger partial charge in [0.25, 0.3) is 0 Å². The maximum Gasteiger partial charge on any atom is 0.121 e. The lowest BCUT2D eigenvalue weighted by Gasteiger charge is -2.30. The second-order valence-corrected chi connectivity index (χ2v) is 6.03. The molecule has 3 nitrogen and oxygen atoms in total. The summed E-state index contributed by atoms with van der Waals surface area (Å²) in [6.07, 6.45) is 5.08. The van der Waals surface area contributed by atoms with Crippen LogP contribution in [0, 0.1) is 5.92 Å². The predicted molar refractivity (Wildman–Crippen MR) is 82.6 cm³/mol. The van der Waals surface area contributed by atoms with Gasteiger partial charge in [-0.15, -0.1) is 12.4 Å². The first-order chi connectivity index (χ1) is 8.59. The molecular formula is C14H21BrClNO2. The second-order valence-electron chi connectivity index (χ2n) is 5.12. The molecule has 19 heavy (non-hydrogen) atoms. The average Bonchev–Trinajstić information content (AvgIpc) is 2.38. The first kappa shape index (κ1) is 16.8. The molecule has 1 aliphatic rings. The van der Waals surface area contributed by atoms with Crippen LogP contribution in [-0.2, 0) is 0 Å². The topological polar surface area (TPSA) is 66.5 Å². The van der Waals surface area contributed by atoms with E-state index in [0.29, 0.717) is 5.56 Å². The molecule has 0 spiro atoms. The molecule has 1 aromatic rings. The van der Waals surface area contributed by atoms with Crippen molar-refractivity contribution in [3.63, 3.8) is 0 Å². The number of nitrogens with two attached hydrogens (primary N) is 1. The molecule has 1 fully saturated rings. The Morgan fingerprint density at radius 2 is 1.84 bits per heavy atom. The summed E-state index contributed by atoms with van der Waals surface area (Å²) in [5.74, 6) is 0.406. The summed E-state index contributed by atoms with van der Waals surface area (Å²) in [7, 11) is 0. The van der Waals surface area contributed by atoms with E-state index in [0.717, 1.165) is 17.3 Å². The number of aromatic hydroxyl groups is 1. The van der Waals surface area contributed by atoms with Crippen molar-refractivity contribution in [3.05, 3.63) is 28.2 Å². The predicted octanol–water partition coefficient (Wildman–Crippen LogP) is 3.52. The van der Waals surface area contributed by atoms with Crippen molar-refractivity contribution in [3.8, 4) is 5.75 Å². The van der Waals surface area contributed by atoms with E-state index < -0.39 is 12.1 Å². The molecule has 108 valence electrons. The lowest BCUT2D eigenvalue weighted by Crippen LogP contribution is -2.34. The van der Waals surface area contributed by atoms with Gasteiger partial charge < -0.3 is 15.9 Å². The molecule has 0 amide bonds. The van der Waals surface area contributed by atoms with Crippen LogP contribution in [0.25, 0.3) is 0 Å². The summed E-state index contributed by atoms with van der Waals surface area (Å²) >= 11 is 3.30. The molecule has 0 heterocycles. The molecular weight excluding hydrogens is 330 g/mol. The number of rotatable bonds is 3. The number of halogens is 2. The summed E-state index contributed by atoms with van der Waals surface area (Å²) in [6.45, 7) is 0. The number of phenols is 1. The van der Waals surface area contributed by atoms with E-state index in [1.807, 2.05) is 6.07 Å². The van der Waals surface area contributed by atoms with Crippen molar-refractivity contribution in [2.45, 2.75) is 44.2 Å². The van der Waals surface area contributed by atoms with Crippen molar-refractivity contribution < 1.29 is 10.2 Å². The average molecular weight is 351 g/mol. The Hall–Kier alpha value is -0.290. The molecule has 0 saturated heterocycles. The smallest absolute Gasteiger partial charge is 0.121 e. The number of aliphatic hydroxyl groups excluding tert-OH is 1. The Labute approximate surface area is 128 Å². The van der Waals surface area contributed by atoms with Crippen LogP contribution in [0.1, 0.15) is 43.7 Å². The van der Waals surface area contributed by atoms with Gasteiger partial charge in [0.1, 0.15) is 5.75 Å². The Morgan fingerprint density at radius 3 is 2.42 bits per heavy atom. The molecule has 2 rings (SSSR count). The third-order valence-electron chi connectivity index (χ3n) is 3.85. The zero-order chi connectivity index (χ0) is 13.1. The summed E-state index contributed by atoms with van der Waals surface area (Å²) in [5, 5.41) is 20.2. The van der Waals surface area contributed by atoms with Gasteiger partial charge in [0.2, 0.25) is 0 Å². The number of aliphatic hydroxyl groups is 1. The van der Waals surface area contributed by atoms with Crippen molar-refractivity contribution in [2.75, 3.05) is 0 Å². The van der Waals surface area contributed by atoms with E-state index >= 15 is 0 Å². The molecule has 0 radical (unpaired) electrons. The normalized spacial score (nSPS) is 19.5. The molecule has 4 N–H and O–H groups in total. The fourth-order valence-corrected chi connectivity index (χ4v) is 3.10. The Bertz CT molecular complexity index is 410.